The first-order chi connectivity index (χ1) is 9.51. The molecule has 0 aliphatic heterocycles. The molecule has 0 unspecified atom stereocenters. The number of hydrogen-bond acceptors (Lipinski definition) is 3. The largest absolute Gasteiger partial charge is 0.324 e. The number of carbonyl (C=O) groups is 1. The fourth-order valence-corrected chi connectivity index (χ4v) is 2.07. The number of nitrogen functional groups attached to an aromatic ring is 1. The lowest BCUT2D eigenvalue weighted by Gasteiger charge is -2.09. The lowest BCUT2D eigenvalue weighted by atomic mass is 10.2. The third-order valence-corrected chi connectivity index (χ3v) is 3.18. The van der Waals surface area contributed by atoms with E-state index >= 15 is 0 Å². The topological polar surface area (TPSA) is 67.1 Å². The summed E-state index contributed by atoms with van der Waals surface area (Å²) in [6.45, 7) is 0. The van der Waals surface area contributed by atoms with Crippen LogP contribution in [0.5, 0.6) is 0 Å². The summed E-state index contributed by atoms with van der Waals surface area (Å²) in [7, 11) is 0. The molecule has 0 aromatic heterocycles. The normalized spacial score (nSPS) is 10.2. The highest BCUT2D eigenvalue weighted by Gasteiger charge is 2.13. The van der Waals surface area contributed by atoms with Crippen LogP contribution in [-0.2, 0) is 0 Å². The van der Waals surface area contributed by atoms with Gasteiger partial charge in [-0.2, -0.15) is 0 Å². The van der Waals surface area contributed by atoms with Crippen molar-refractivity contribution >= 4 is 33.2 Å². The molecule has 0 spiro atoms. The summed E-state index contributed by atoms with van der Waals surface area (Å²) >= 11 is 3.00. The van der Waals surface area contributed by atoms with Gasteiger partial charge in [0.05, 0.1) is 5.69 Å². The van der Waals surface area contributed by atoms with Gasteiger partial charge in [-0.15, -0.1) is 0 Å². The fraction of sp³-hybridized carbons (Fsp3) is 0. The summed E-state index contributed by atoms with van der Waals surface area (Å²) in [6.07, 6.45) is 0. The Hall–Kier alpha value is -1.99. The third-order valence-electron chi connectivity index (χ3n) is 2.56. The molecule has 20 heavy (non-hydrogen) atoms. The van der Waals surface area contributed by atoms with Gasteiger partial charge in [-0.1, -0.05) is 0 Å². The third kappa shape index (κ3) is 3.12. The van der Waals surface area contributed by atoms with Crippen LogP contribution in [-0.4, -0.2) is 5.91 Å². The van der Waals surface area contributed by atoms with Gasteiger partial charge in [0.25, 0.3) is 5.91 Å². The van der Waals surface area contributed by atoms with E-state index in [0.717, 1.165) is 6.07 Å². The maximum absolute atomic E-state index is 13.6. The summed E-state index contributed by atoms with van der Waals surface area (Å²) in [4.78, 5) is 12.0. The van der Waals surface area contributed by atoms with Crippen molar-refractivity contribution in [3.63, 3.8) is 0 Å². The highest BCUT2D eigenvalue weighted by molar-refractivity contribution is 9.10. The van der Waals surface area contributed by atoms with Crippen molar-refractivity contribution in [2.45, 2.75) is 0 Å². The molecule has 0 radical (unpaired) electrons. The van der Waals surface area contributed by atoms with Gasteiger partial charge in [0.2, 0.25) is 0 Å². The van der Waals surface area contributed by atoms with E-state index in [1.54, 1.807) is 12.1 Å². The SMILES string of the molecule is NNc1ccc(C(=O)Nc2c(F)cc(F)cc2Br)cc1. The Morgan fingerprint density at radius 1 is 1.15 bits per heavy atom. The Morgan fingerprint density at radius 3 is 2.35 bits per heavy atom. The quantitative estimate of drug-likeness (QED) is 0.592. The predicted octanol–water partition coefficient (Wildman–Crippen LogP) is 3.27. The molecule has 2 rings (SSSR count). The molecule has 0 saturated carbocycles. The molecule has 1 amide bonds. The Balaban J connectivity index is 2.23. The second-order valence-corrected chi connectivity index (χ2v) is 4.77. The van der Waals surface area contributed by atoms with Crippen molar-refractivity contribution in [2.24, 2.45) is 5.84 Å². The number of halogens is 3. The number of benzene rings is 2. The molecule has 0 heterocycles. The highest BCUT2D eigenvalue weighted by atomic mass is 79.9. The Labute approximate surface area is 122 Å². The van der Waals surface area contributed by atoms with Crippen molar-refractivity contribution in [1.29, 1.82) is 0 Å². The van der Waals surface area contributed by atoms with Crippen LogP contribution in [0.3, 0.4) is 0 Å². The van der Waals surface area contributed by atoms with Gasteiger partial charge >= 0.3 is 0 Å². The Morgan fingerprint density at radius 2 is 1.80 bits per heavy atom. The van der Waals surface area contributed by atoms with Crippen molar-refractivity contribution < 1.29 is 13.6 Å². The van der Waals surface area contributed by atoms with Gasteiger partial charge < -0.3 is 10.7 Å². The van der Waals surface area contributed by atoms with Crippen molar-refractivity contribution in [1.82, 2.24) is 0 Å². The summed E-state index contributed by atoms with van der Waals surface area (Å²) in [6, 6.07) is 8.03. The number of anilines is 2. The molecule has 2 aromatic carbocycles. The molecule has 0 aliphatic carbocycles. The summed E-state index contributed by atoms with van der Waals surface area (Å²) in [5, 5.41) is 2.38. The first-order valence-corrected chi connectivity index (χ1v) is 6.33. The number of carbonyl (C=O) groups excluding carboxylic acids is 1. The van der Waals surface area contributed by atoms with E-state index in [-0.39, 0.29) is 10.2 Å². The molecule has 104 valence electrons. The molecule has 4 N–H and O–H groups in total. The highest BCUT2D eigenvalue weighted by Crippen LogP contribution is 2.27. The number of amides is 1. The standard InChI is InChI=1S/C13H10BrF2N3O/c14-10-5-8(15)6-11(16)12(10)18-13(20)7-1-3-9(19-17)4-2-7/h1-6,19H,17H2,(H,18,20). The van der Waals surface area contributed by atoms with Gasteiger partial charge in [-0.05, 0) is 46.3 Å². The van der Waals surface area contributed by atoms with Crippen LogP contribution in [0, 0.1) is 11.6 Å². The first kappa shape index (κ1) is 14.4. The van der Waals surface area contributed by atoms with E-state index in [0.29, 0.717) is 17.3 Å². The lowest BCUT2D eigenvalue weighted by Crippen LogP contribution is -2.14. The van der Waals surface area contributed by atoms with Gasteiger partial charge in [0.1, 0.15) is 5.82 Å². The van der Waals surface area contributed by atoms with Crippen LogP contribution < -0.4 is 16.6 Å². The van der Waals surface area contributed by atoms with Crippen LogP contribution >= 0.6 is 15.9 Å². The molecule has 2 aromatic rings. The molecule has 7 heteroatoms. The molecule has 0 aliphatic rings. The lowest BCUT2D eigenvalue weighted by molar-refractivity contribution is 0.102. The Kier molecular flexibility index (Phi) is 4.31. The smallest absolute Gasteiger partial charge is 0.255 e. The van der Waals surface area contributed by atoms with Crippen LogP contribution in [0.15, 0.2) is 40.9 Å². The van der Waals surface area contributed by atoms with Gasteiger partial charge in [0.15, 0.2) is 5.82 Å². The predicted molar refractivity (Wildman–Crippen MR) is 76.3 cm³/mol. The van der Waals surface area contributed by atoms with Crippen LogP contribution in [0.4, 0.5) is 20.2 Å². The minimum atomic E-state index is -0.856. The van der Waals surface area contributed by atoms with E-state index in [2.05, 4.69) is 26.7 Å². The average molecular weight is 342 g/mol. The number of hydrogen-bond donors (Lipinski definition) is 3. The zero-order chi connectivity index (χ0) is 14.7. The van der Waals surface area contributed by atoms with Gasteiger partial charge in [-0.25, -0.2) is 8.78 Å². The first-order valence-electron chi connectivity index (χ1n) is 5.54. The number of nitrogens with two attached hydrogens (primary N) is 1. The van der Waals surface area contributed by atoms with Gasteiger partial charge in [0, 0.05) is 21.8 Å². The van der Waals surface area contributed by atoms with Crippen LogP contribution in [0.1, 0.15) is 10.4 Å². The second kappa shape index (κ2) is 5.98. The molecular formula is C13H10BrF2N3O. The Bertz CT molecular complexity index is 624. The molecular weight excluding hydrogens is 332 g/mol. The summed E-state index contributed by atoms with van der Waals surface area (Å²) in [5.74, 6) is 3.11. The van der Waals surface area contributed by atoms with Crippen molar-refractivity contribution in [2.75, 3.05) is 10.7 Å². The van der Waals surface area contributed by atoms with Crippen molar-refractivity contribution in [3.8, 4) is 0 Å². The molecule has 0 saturated heterocycles. The minimum absolute atomic E-state index is 0.113. The number of hydrazine groups is 1. The van der Waals surface area contributed by atoms with E-state index in [9.17, 15) is 13.6 Å². The maximum Gasteiger partial charge on any atom is 0.255 e. The molecule has 0 fully saturated rings. The average Bonchev–Trinajstić information content (AvgIpc) is 2.42. The monoisotopic (exact) mass is 341 g/mol. The zero-order valence-corrected chi connectivity index (χ0v) is 11.7. The van der Waals surface area contributed by atoms with Crippen LogP contribution in [0.2, 0.25) is 0 Å². The summed E-state index contributed by atoms with van der Waals surface area (Å²) in [5.41, 5.74) is 3.27. The second-order valence-electron chi connectivity index (χ2n) is 3.92. The van der Waals surface area contributed by atoms with E-state index in [1.807, 2.05) is 0 Å². The van der Waals surface area contributed by atoms with E-state index in [1.165, 1.54) is 12.1 Å². The number of rotatable bonds is 3. The van der Waals surface area contributed by atoms with Crippen LogP contribution in [0.25, 0.3) is 0 Å². The summed E-state index contributed by atoms with van der Waals surface area (Å²) < 4.78 is 26.7. The molecule has 0 bridgehead atoms. The molecule has 4 nitrogen and oxygen atoms in total. The van der Waals surface area contributed by atoms with Gasteiger partial charge in [-0.3, -0.25) is 10.6 Å². The zero-order valence-electron chi connectivity index (χ0n) is 10.1. The fourth-order valence-electron chi connectivity index (χ4n) is 1.57. The van der Waals surface area contributed by atoms with E-state index < -0.39 is 17.5 Å². The molecule has 0 atom stereocenters. The van der Waals surface area contributed by atoms with E-state index in [4.69, 9.17) is 5.84 Å². The number of nitrogens with one attached hydrogen (secondary N) is 2. The maximum atomic E-state index is 13.6. The minimum Gasteiger partial charge on any atom is -0.324 e. The van der Waals surface area contributed by atoms with Crippen molar-refractivity contribution in [3.05, 3.63) is 58.1 Å².